The molecule has 1 aromatic carbocycles. The lowest BCUT2D eigenvalue weighted by atomic mass is 10.1. The van der Waals surface area contributed by atoms with Crippen molar-refractivity contribution in [1.29, 1.82) is 0 Å². The lowest BCUT2D eigenvalue weighted by molar-refractivity contribution is 0.306. The monoisotopic (exact) mass is 556 g/mol. The van der Waals surface area contributed by atoms with Gasteiger partial charge in [-0.05, 0) is 50.8 Å². The second-order valence-electron chi connectivity index (χ2n) is 7.03. The Kier molecular flexibility index (Phi) is 11.9. The van der Waals surface area contributed by atoms with Gasteiger partial charge in [-0.3, -0.25) is 0 Å². The van der Waals surface area contributed by atoms with E-state index in [2.05, 4.69) is 15.6 Å². The van der Waals surface area contributed by atoms with Gasteiger partial charge in [-0.15, -0.1) is 24.0 Å². The molecule has 0 unspecified atom stereocenters. The number of benzene rings is 1. The number of ether oxygens (including phenoxy) is 1. The highest BCUT2D eigenvalue weighted by Gasteiger charge is 2.27. The Hall–Kier alpha value is -1.14. The molecule has 1 heterocycles. The van der Waals surface area contributed by atoms with Gasteiger partial charge in [-0.25, -0.2) is 22.1 Å². The van der Waals surface area contributed by atoms with Gasteiger partial charge in [-0.2, -0.15) is 0 Å². The number of nitrogens with zero attached hydrogens (tertiary/aromatic N) is 2. The summed E-state index contributed by atoms with van der Waals surface area (Å²) in [7, 11) is -3.14. The molecule has 10 heteroatoms. The molecule has 0 atom stereocenters. The van der Waals surface area contributed by atoms with Crippen LogP contribution in [0.15, 0.2) is 23.2 Å². The van der Waals surface area contributed by atoms with Crippen molar-refractivity contribution in [2.24, 2.45) is 4.99 Å². The Balaban J connectivity index is 0.00000450. The van der Waals surface area contributed by atoms with Crippen molar-refractivity contribution in [3.8, 4) is 5.75 Å². The standard InChI is InChI=1S/C20H33FN4O3S.HI/c1-4-13-29(26,27)25-11-9-17(10-12-25)24-20(22-5-2)23-15-16-7-8-19(28-6-3)18(21)14-16;/h7-8,14,17H,4-6,9-13,15H2,1-3H3,(H2,22,23,24);1H. The third-order valence-corrected chi connectivity index (χ3v) is 6.79. The largest absolute Gasteiger partial charge is 0.491 e. The maximum atomic E-state index is 14.0. The van der Waals surface area contributed by atoms with Gasteiger partial charge in [0.2, 0.25) is 10.0 Å². The molecule has 0 bridgehead atoms. The van der Waals surface area contributed by atoms with Gasteiger partial charge in [0.1, 0.15) is 0 Å². The van der Waals surface area contributed by atoms with Crippen LogP contribution in [0.3, 0.4) is 0 Å². The summed E-state index contributed by atoms with van der Waals surface area (Å²) in [5.74, 6) is 0.707. The van der Waals surface area contributed by atoms with Gasteiger partial charge >= 0.3 is 0 Å². The Morgan fingerprint density at radius 2 is 1.97 bits per heavy atom. The molecule has 0 aliphatic carbocycles. The van der Waals surface area contributed by atoms with Crippen molar-refractivity contribution in [3.05, 3.63) is 29.6 Å². The number of hydrogen-bond donors (Lipinski definition) is 2. The summed E-state index contributed by atoms with van der Waals surface area (Å²) < 4.78 is 45.2. The summed E-state index contributed by atoms with van der Waals surface area (Å²) in [6.45, 7) is 8.16. The van der Waals surface area contributed by atoms with E-state index in [1.54, 1.807) is 16.4 Å². The first-order valence-corrected chi connectivity index (χ1v) is 11.9. The number of rotatable bonds is 9. The maximum Gasteiger partial charge on any atom is 0.214 e. The van der Waals surface area contributed by atoms with Crippen LogP contribution in [0.2, 0.25) is 0 Å². The number of sulfonamides is 1. The quantitative estimate of drug-likeness (QED) is 0.278. The van der Waals surface area contributed by atoms with Crippen molar-refractivity contribution >= 4 is 40.0 Å². The van der Waals surface area contributed by atoms with Crippen LogP contribution in [0.25, 0.3) is 0 Å². The van der Waals surface area contributed by atoms with E-state index >= 15 is 0 Å². The average molecular weight is 556 g/mol. The molecule has 0 radical (unpaired) electrons. The van der Waals surface area contributed by atoms with E-state index in [4.69, 9.17) is 4.74 Å². The SMILES string of the molecule is CCCS(=O)(=O)N1CCC(NC(=NCc2ccc(OCC)c(F)c2)NCC)CC1.I. The number of guanidine groups is 1. The number of halogens is 2. The van der Waals surface area contributed by atoms with Gasteiger partial charge in [0.05, 0.1) is 18.9 Å². The average Bonchev–Trinajstić information content (AvgIpc) is 2.69. The highest BCUT2D eigenvalue weighted by Crippen LogP contribution is 2.19. The molecule has 2 rings (SSSR count). The summed E-state index contributed by atoms with van der Waals surface area (Å²) in [5.41, 5.74) is 0.753. The van der Waals surface area contributed by atoms with E-state index in [0.717, 1.165) is 18.4 Å². The zero-order valence-corrected chi connectivity index (χ0v) is 21.1. The topological polar surface area (TPSA) is 83.0 Å². The molecule has 172 valence electrons. The molecule has 0 aromatic heterocycles. The smallest absolute Gasteiger partial charge is 0.214 e. The molecule has 30 heavy (non-hydrogen) atoms. The van der Waals surface area contributed by atoms with Crippen LogP contribution in [0.4, 0.5) is 4.39 Å². The van der Waals surface area contributed by atoms with Crippen molar-refractivity contribution in [2.75, 3.05) is 32.0 Å². The van der Waals surface area contributed by atoms with Crippen LogP contribution in [0.1, 0.15) is 45.6 Å². The Morgan fingerprint density at radius 3 is 2.53 bits per heavy atom. The highest BCUT2D eigenvalue weighted by molar-refractivity contribution is 14.0. The normalized spacial score (nSPS) is 16.1. The van der Waals surface area contributed by atoms with Crippen LogP contribution in [-0.2, 0) is 16.6 Å². The molecule has 1 saturated heterocycles. The number of hydrogen-bond acceptors (Lipinski definition) is 4. The summed E-state index contributed by atoms with van der Waals surface area (Å²) in [4.78, 5) is 4.55. The molecular formula is C20H34FIN4O3S. The fourth-order valence-electron chi connectivity index (χ4n) is 3.26. The minimum absolute atomic E-state index is 0. The summed E-state index contributed by atoms with van der Waals surface area (Å²) in [6.07, 6.45) is 2.08. The molecule has 0 saturated carbocycles. The first kappa shape index (κ1) is 26.9. The molecule has 7 nitrogen and oxygen atoms in total. The Labute approximate surface area is 196 Å². The molecule has 0 spiro atoms. The molecule has 2 N–H and O–H groups in total. The lowest BCUT2D eigenvalue weighted by Gasteiger charge is -2.32. The van der Waals surface area contributed by atoms with Crippen LogP contribution >= 0.6 is 24.0 Å². The van der Waals surface area contributed by atoms with Crippen molar-refractivity contribution in [3.63, 3.8) is 0 Å². The molecule has 1 aliphatic rings. The van der Waals surface area contributed by atoms with Gasteiger partial charge in [0.25, 0.3) is 0 Å². The first-order valence-electron chi connectivity index (χ1n) is 10.3. The predicted octanol–water partition coefficient (Wildman–Crippen LogP) is 3.10. The fraction of sp³-hybridized carbons (Fsp3) is 0.650. The number of aliphatic imine (C=N–C) groups is 1. The highest BCUT2D eigenvalue weighted by atomic mass is 127. The number of nitrogens with one attached hydrogen (secondary N) is 2. The zero-order chi connectivity index (χ0) is 21.3. The van der Waals surface area contributed by atoms with E-state index in [0.29, 0.717) is 45.2 Å². The lowest BCUT2D eigenvalue weighted by Crippen LogP contribution is -2.50. The summed E-state index contributed by atoms with van der Waals surface area (Å²) >= 11 is 0. The van der Waals surface area contributed by atoms with Crippen molar-refractivity contribution in [2.45, 2.75) is 52.6 Å². The third kappa shape index (κ3) is 8.18. The maximum absolute atomic E-state index is 14.0. The van der Waals surface area contributed by atoms with Crippen LogP contribution in [-0.4, -0.2) is 56.7 Å². The van der Waals surface area contributed by atoms with Crippen LogP contribution < -0.4 is 15.4 Å². The van der Waals surface area contributed by atoms with Gasteiger partial charge in [0.15, 0.2) is 17.5 Å². The molecule has 1 fully saturated rings. The first-order chi connectivity index (χ1) is 13.9. The van der Waals surface area contributed by atoms with Crippen LogP contribution in [0, 0.1) is 5.82 Å². The summed E-state index contributed by atoms with van der Waals surface area (Å²) in [5, 5.41) is 6.57. The van der Waals surface area contributed by atoms with E-state index in [1.165, 1.54) is 6.07 Å². The van der Waals surface area contributed by atoms with Gasteiger partial charge < -0.3 is 15.4 Å². The molecule has 1 aromatic rings. The predicted molar refractivity (Wildman–Crippen MR) is 130 cm³/mol. The molecule has 1 aliphatic heterocycles. The van der Waals surface area contributed by atoms with Gasteiger partial charge in [0, 0.05) is 25.7 Å². The fourth-order valence-corrected chi connectivity index (χ4v) is 4.81. The number of piperidine rings is 1. The van der Waals surface area contributed by atoms with Crippen LogP contribution in [0.5, 0.6) is 5.75 Å². The summed E-state index contributed by atoms with van der Waals surface area (Å²) in [6, 6.07) is 5.02. The van der Waals surface area contributed by atoms with Crippen molar-refractivity contribution < 1.29 is 17.5 Å². The van der Waals surface area contributed by atoms with E-state index in [1.807, 2.05) is 20.8 Å². The Morgan fingerprint density at radius 1 is 1.27 bits per heavy atom. The minimum Gasteiger partial charge on any atom is -0.491 e. The van der Waals surface area contributed by atoms with Gasteiger partial charge in [-0.1, -0.05) is 13.0 Å². The second-order valence-corrected chi connectivity index (χ2v) is 9.12. The Bertz CT molecular complexity index is 784. The molecular weight excluding hydrogens is 522 g/mol. The van der Waals surface area contributed by atoms with E-state index in [-0.39, 0.29) is 41.5 Å². The zero-order valence-electron chi connectivity index (χ0n) is 18.0. The van der Waals surface area contributed by atoms with E-state index in [9.17, 15) is 12.8 Å². The third-order valence-electron chi connectivity index (χ3n) is 4.71. The van der Waals surface area contributed by atoms with Crippen molar-refractivity contribution in [1.82, 2.24) is 14.9 Å². The van der Waals surface area contributed by atoms with E-state index < -0.39 is 15.8 Å². The molecule has 0 amide bonds. The minimum atomic E-state index is -3.14. The second kappa shape index (κ2) is 13.3.